The number of carbonyl (C=O) groups excluding carboxylic acids is 2. The summed E-state index contributed by atoms with van der Waals surface area (Å²) < 4.78 is 41.1. The van der Waals surface area contributed by atoms with Gasteiger partial charge in [-0.2, -0.15) is 0 Å². The van der Waals surface area contributed by atoms with E-state index in [4.69, 9.17) is 0 Å². The van der Waals surface area contributed by atoms with Crippen molar-refractivity contribution in [1.29, 1.82) is 0 Å². The molecular formula is C23H26FN3O4S. The summed E-state index contributed by atoms with van der Waals surface area (Å²) in [4.78, 5) is 26.6. The standard InChI is InChI=1S/C23H26FN3O4S/c1-14-11-18(24)5-7-20(14)26-22(28)9-10-25-32(30,31)19-6-8-21-17(13-19)12-15(2)27(21)23(29)16-3-4-16/h5-8,11,13,15-16,25H,3-4,9-10,12H2,1-2H3,(H,26,28). The smallest absolute Gasteiger partial charge is 0.240 e. The second-order valence-corrected chi connectivity index (χ2v) is 10.2. The van der Waals surface area contributed by atoms with Crippen LogP contribution in [0.5, 0.6) is 0 Å². The predicted molar refractivity (Wildman–Crippen MR) is 119 cm³/mol. The van der Waals surface area contributed by atoms with Crippen molar-refractivity contribution in [3.8, 4) is 0 Å². The number of nitrogens with zero attached hydrogens (tertiary/aromatic N) is 1. The van der Waals surface area contributed by atoms with Gasteiger partial charge in [0.25, 0.3) is 0 Å². The molecule has 32 heavy (non-hydrogen) atoms. The first-order valence-corrected chi connectivity index (χ1v) is 12.2. The van der Waals surface area contributed by atoms with E-state index in [1.807, 2.05) is 6.92 Å². The first-order valence-electron chi connectivity index (χ1n) is 10.7. The van der Waals surface area contributed by atoms with E-state index in [1.165, 1.54) is 24.3 Å². The van der Waals surface area contributed by atoms with Crippen molar-refractivity contribution < 1.29 is 22.4 Å². The van der Waals surface area contributed by atoms with Crippen LogP contribution in [0, 0.1) is 18.7 Å². The molecule has 7 nitrogen and oxygen atoms in total. The fraction of sp³-hybridized carbons (Fsp3) is 0.391. The molecule has 0 radical (unpaired) electrons. The molecule has 2 aromatic carbocycles. The van der Waals surface area contributed by atoms with Crippen LogP contribution in [-0.2, 0) is 26.0 Å². The zero-order chi connectivity index (χ0) is 23.0. The Bertz CT molecular complexity index is 1180. The quantitative estimate of drug-likeness (QED) is 0.665. The van der Waals surface area contributed by atoms with Gasteiger partial charge in [0.2, 0.25) is 21.8 Å². The van der Waals surface area contributed by atoms with Crippen LogP contribution < -0.4 is 14.9 Å². The van der Waals surface area contributed by atoms with Crippen LogP contribution >= 0.6 is 0 Å². The number of carbonyl (C=O) groups is 2. The first kappa shape index (κ1) is 22.4. The summed E-state index contributed by atoms with van der Waals surface area (Å²) in [7, 11) is -3.81. The Balaban J connectivity index is 1.37. The molecule has 170 valence electrons. The van der Waals surface area contributed by atoms with Gasteiger partial charge in [-0.3, -0.25) is 9.59 Å². The van der Waals surface area contributed by atoms with Gasteiger partial charge in [0.15, 0.2) is 0 Å². The first-order chi connectivity index (χ1) is 15.2. The van der Waals surface area contributed by atoms with Gasteiger partial charge in [-0.15, -0.1) is 0 Å². The Labute approximate surface area is 187 Å². The Morgan fingerprint density at radius 3 is 2.59 bits per heavy atom. The lowest BCUT2D eigenvalue weighted by Gasteiger charge is -2.22. The predicted octanol–water partition coefficient (Wildman–Crippen LogP) is 3.13. The van der Waals surface area contributed by atoms with E-state index in [2.05, 4.69) is 10.0 Å². The van der Waals surface area contributed by atoms with Crippen molar-refractivity contribution in [1.82, 2.24) is 4.72 Å². The number of hydrogen-bond acceptors (Lipinski definition) is 4. The summed E-state index contributed by atoms with van der Waals surface area (Å²) in [6.07, 6.45) is 2.38. The largest absolute Gasteiger partial charge is 0.326 e. The minimum absolute atomic E-state index is 0.00243. The molecule has 0 saturated heterocycles. The molecule has 0 bridgehead atoms. The molecule has 0 aromatic heterocycles. The zero-order valence-corrected chi connectivity index (χ0v) is 18.8. The molecule has 1 atom stereocenters. The number of hydrogen-bond donors (Lipinski definition) is 2. The zero-order valence-electron chi connectivity index (χ0n) is 18.0. The normalized spacial score (nSPS) is 17.8. The van der Waals surface area contributed by atoms with E-state index in [9.17, 15) is 22.4 Å². The van der Waals surface area contributed by atoms with E-state index in [0.29, 0.717) is 17.7 Å². The maximum absolute atomic E-state index is 13.2. The van der Waals surface area contributed by atoms with Gasteiger partial charge in [0.1, 0.15) is 5.82 Å². The number of anilines is 2. The number of sulfonamides is 1. The Kier molecular flexibility index (Phi) is 6.05. The van der Waals surface area contributed by atoms with Gasteiger partial charge in [0.05, 0.1) is 4.90 Å². The molecule has 1 aliphatic heterocycles. The van der Waals surface area contributed by atoms with Crippen LogP contribution in [0.1, 0.15) is 37.3 Å². The third kappa shape index (κ3) is 4.68. The van der Waals surface area contributed by atoms with Crippen molar-refractivity contribution in [3.63, 3.8) is 0 Å². The van der Waals surface area contributed by atoms with E-state index in [1.54, 1.807) is 24.0 Å². The number of aryl methyl sites for hydroxylation is 1. The molecule has 1 fully saturated rings. The van der Waals surface area contributed by atoms with Crippen molar-refractivity contribution >= 4 is 33.2 Å². The summed E-state index contributed by atoms with van der Waals surface area (Å²) in [5, 5.41) is 2.65. The lowest BCUT2D eigenvalue weighted by atomic mass is 10.1. The fourth-order valence-electron chi connectivity index (χ4n) is 4.00. The summed E-state index contributed by atoms with van der Waals surface area (Å²) in [6.45, 7) is 3.57. The Morgan fingerprint density at radius 1 is 1.16 bits per heavy atom. The number of benzene rings is 2. The van der Waals surface area contributed by atoms with Crippen molar-refractivity contribution in [2.24, 2.45) is 5.92 Å². The van der Waals surface area contributed by atoms with Gasteiger partial charge in [-0.05, 0) is 80.6 Å². The van der Waals surface area contributed by atoms with Crippen LogP contribution in [-0.4, -0.2) is 32.8 Å². The summed E-state index contributed by atoms with van der Waals surface area (Å²) in [6, 6.07) is 8.83. The van der Waals surface area contributed by atoms with Gasteiger partial charge in [0, 0.05) is 36.3 Å². The van der Waals surface area contributed by atoms with E-state index < -0.39 is 15.8 Å². The lowest BCUT2D eigenvalue weighted by Crippen LogP contribution is -2.36. The van der Waals surface area contributed by atoms with Crippen LogP contribution in [0.25, 0.3) is 0 Å². The van der Waals surface area contributed by atoms with Crippen molar-refractivity contribution in [2.45, 2.75) is 50.5 Å². The monoisotopic (exact) mass is 459 g/mol. The molecular weight excluding hydrogens is 433 g/mol. The average molecular weight is 460 g/mol. The van der Waals surface area contributed by atoms with Gasteiger partial charge in [-0.1, -0.05) is 0 Å². The number of fused-ring (bicyclic) bond motifs is 1. The highest BCUT2D eigenvalue weighted by Gasteiger charge is 2.39. The molecule has 2 amide bonds. The maximum Gasteiger partial charge on any atom is 0.240 e. The maximum atomic E-state index is 13.2. The van der Waals surface area contributed by atoms with E-state index in [-0.39, 0.29) is 41.6 Å². The highest BCUT2D eigenvalue weighted by atomic mass is 32.2. The molecule has 1 saturated carbocycles. The SMILES string of the molecule is Cc1cc(F)ccc1NC(=O)CCNS(=O)(=O)c1ccc2c(c1)CC(C)N2C(=O)C1CC1. The van der Waals surface area contributed by atoms with Gasteiger partial charge in [-0.25, -0.2) is 17.5 Å². The van der Waals surface area contributed by atoms with Crippen LogP contribution in [0.2, 0.25) is 0 Å². The molecule has 2 aliphatic rings. The molecule has 2 N–H and O–H groups in total. The van der Waals surface area contributed by atoms with Crippen LogP contribution in [0.4, 0.5) is 15.8 Å². The van der Waals surface area contributed by atoms with Crippen molar-refractivity contribution in [2.75, 3.05) is 16.8 Å². The van der Waals surface area contributed by atoms with E-state index >= 15 is 0 Å². The fourth-order valence-corrected chi connectivity index (χ4v) is 5.08. The van der Waals surface area contributed by atoms with Gasteiger partial charge >= 0.3 is 0 Å². The number of rotatable bonds is 7. The highest BCUT2D eigenvalue weighted by Crippen LogP contribution is 2.39. The number of amides is 2. The highest BCUT2D eigenvalue weighted by molar-refractivity contribution is 7.89. The van der Waals surface area contributed by atoms with Crippen molar-refractivity contribution in [3.05, 3.63) is 53.3 Å². The molecule has 1 unspecified atom stereocenters. The van der Waals surface area contributed by atoms with Crippen LogP contribution in [0.3, 0.4) is 0 Å². The number of halogens is 1. The second kappa shape index (κ2) is 8.63. The Morgan fingerprint density at radius 2 is 1.91 bits per heavy atom. The summed E-state index contributed by atoms with van der Waals surface area (Å²) >= 11 is 0. The molecule has 1 heterocycles. The lowest BCUT2D eigenvalue weighted by molar-refractivity contribution is -0.120. The van der Waals surface area contributed by atoms with E-state index in [0.717, 1.165) is 24.1 Å². The van der Waals surface area contributed by atoms with Gasteiger partial charge < -0.3 is 10.2 Å². The topological polar surface area (TPSA) is 95.6 Å². The van der Waals surface area contributed by atoms with Crippen LogP contribution in [0.15, 0.2) is 41.3 Å². The summed E-state index contributed by atoms with van der Waals surface area (Å²) in [5.74, 6) is -0.554. The minimum atomic E-state index is -3.81. The third-order valence-electron chi connectivity index (χ3n) is 5.85. The molecule has 9 heteroatoms. The summed E-state index contributed by atoms with van der Waals surface area (Å²) in [5.41, 5.74) is 2.68. The molecule has 1 aliphatic carbocycles. The minimum Gasteiger partial charge on any atom is -0.326 e. The third-order valence-corrected chi connectivity index (χ3v) is 7.31. The molecule has 2 aromatic rings. The number of nitrogens with one attached hydrogen (secondary N) is 2. The Hall–Kier alpha value is -2.78. The molecule has 0 spiro atoms. The molecule has 4 rings (SSSR count). The average Bonchev–Trinajstić information content (AvgIpc) is 3.51. The second-order valence-electron chi connectivity index (χ2n) is 8.48.